The average molecular weight is 275 g/mol. The molecule has 0 aliphatic heterocycles. The Labute approximate surface area is 82.6 Å². The van der Waals surface area contributed by atoms with Crippen LogP contribution in [0.4, 0.5) is 26.3 Å². The molecule has 0 heterocycles. The molecule has 0 rings (SSSR count). The highest BCUT2D eigenvalue weighted by atomic mass is 32.3. The van der Waals surface area contributed by atoms with Gasteiger partial charge in [-0.25, -0.2) is 0 Å². The molecule has 0 aromatic carbocycles. The maximum absolute atomic E-state index is 12.0. The summed E-state index contributed by atoms with van der Waals surface area (Å²) in [5.74, 6) is 4.63. The van der Waals surface area contributed by atoms with Crippen molar-refractivity contribution in [3.63, 3.8) is 0 Å². The molecule has 15 heavy (non-hydrogen) atoms. The van der Waals surface area contributed by atoms with Gasteiger partial charge < -0.3 is 0 Å². The Balaban J connectivity index is 5.28. The summed E-state index contributed by atoms with van der Waals surface area (Å²) in [4.78, 5) is 0. The molecule has 0 fully saturated rings. The highest BCUT2D eigenvalue weighted by molar-refractivity contribution is 8.14. The molecule has 11 heteroatoms. The Morgan fingerprint density at radius 1 is 0.800 bits per heavy atom. The largest absolute Gasteiger partial charge is 0.458 e. The molecule has 0 amide bonds. The lowest BCUT2D eigenvalue weighted by atomic mass is 11.6. The van der Waals surface area contributed by atoms with Crippen LogP contribution in [0.1, 0.15) is 0 Å². The van der Waals surface area contributed by atoms with Gasteiger partial charge in [-0.15, -0.1) is 0 Å². The van der Waals surface area contributed by atoms with Crippen molar-refractivity contribution in [2.45, 2.75) is 11.0 Å². The first-order chi connectivity index (χ1) is 6.21. The third-order valence-corrected chi connectivity index (χ3v) is 4.93. The summed E-state index contributed by atoms with van der Waals surface area (Å²) in [5.41, 5.74) is -10.5. The first-order valence-corrected chi connectivity index (χ1v) is 6.54. The predicted molar refractivity (Wildman–Crippen MR) is 49.7 cm³/mol. The molecule has 0 radical (unpaired) electrons. The van der Waals surface area contributed by atoms with Gasteiger partial charge in [0.05, 0.1) is 0 Å². The number of hydrogen-bond acceptors (Lipinski definition) is 2. The SMILES string of the molecule is C=S(=N)(NS(=C)(=N)C(F)(F)F)C(F)(F)F. The van der Waals surface area contributed by atoms with Crippen molar-refractivity contribution < 1.29 is 26.3 Å². The van der Waals surface area contributed by atoms with Crippen LogP contribution in [0.2, 0.25) is 0 Å². The van der Waals surface area contributed by atoms with Gasteiger partial charge in [-0.3, -0.25) is 9.56 Å². The molecule has 3 nitrogen and oxygen atoms in total. The van der Waals surface area contributed by atoms with Gasteiger partial charge in [0.25, 0.3) is 0 Å². The van der Waals surface area contributed by atoms with E-state index < -0.39 is 30.2 Å². The number of nitrogens with one attached hydrogen (secondary N) is 3. The molecule has 0 saturated heterocycles. The van der Waals surface area contributed by atoms with Gasteiger partial charge in [-0.05, 0) is 11.7 Å². The van der Waals surface area contributed by atoms with Crippen molar-refractivity contribution in [1.29, 1.82) is 9.56 Å². The molecule has 3 N–H and O–H groups in total. The van der Waals surface area contributed by atoms with E-state index in [9.17, 15) is 26.3 Å². The Morgan fingerprint density at radius 2 is 1.00 bits per heavy atom. The maximum Gasteiger partial charge on any atom is 0.458 e. The van der Waals surface area contributed by atoms with Gasteiger partial charge in [0.2, 0.25) is 0 Å². The zero-order chi connectivity index (χ0) is 12.7. The molecule has 0 aliphatic rings. The van der Waals surface area contributed by atoms with E-state index in [4.69, 9.17) is 9.56 Å². The molecule has 0 saturated carbocycles. The van der Waals surface area contributed by atoms with Crippen molar-refractivity contribution in [2.75, 3.05) is 0 Å². The van der Waals surface area contributed by atoms with E-state index in [0.717, 1.165) is 4.13 Å². The zero-order valence-corrected chi connectivity index (χ0v) is 8.63. The van der Waals surface area contributed by atoms with E-state index in [0.29, 0.717) is 0 Å². The minimum Gasteiger partial charge on any atom is -0.265 e. The topological polar surface area (TPSA) is 59.7 Å². The Bertz CT molecular complexity index is 382. The average Bonchev–Trinajstić information content (AvgIpc) is 1.77. The molecule has 0 aliphatic carbocycles. The summed E-state index contributed by atoms with van der Waals surface area (Å²) in [6.07, 6.45) is 0. The summed E-state index contributed by atoms with van der Waals surface area (Å²) in [6, 6.07) is 0. The Kier molecular flexibility index (Phi) is 3.46. The Morgan fingerprint density at radius 3 is 1.13 bits per heavy atom. The normalized spacial score (nSPS) is 21.7. The van der Waals surface area contributed by atoms with Crippen molar-refractivity contribution in [3.05, 3.63) is 0 Å². The molecular formula is C4H7F6N3S2. The van der Waals surface area contributed by atoms with Gasteiger partial charge in [0.1, 0.15) is 0 Å². The lowest BCUT2D eigenvalue weighted by Crippen LogP contribution is -2.44. The third kappa shape index (κ3) is 3.28. The summed E-state index contributed by atoms with van der Waals surface area (Å²) < 4.78 is 86.1. The lowest BCUT2D eigenvalue weighted by molar-refractivity contribution is -0.0394. The standard InChI is InChI=1S/C4H7F6N3S2/c1-14(11,3(5,6)7)13-15(2,12)4(8,9)10/h1-2H2,(H3,11,12,13). The van der Waals surface area contributed by atoms with Crippen LogP contribution in [0.15, 0.2) is 0 Å². The van der Waals surface area contributed by atoms with E-state index in [-0.39, 0.29) is 0 Å². The summed E-state index contributed by atoms with van der Waals surface area (Å²) in [7, 11) is -9.44. The van der Waals surface area contributed by atoms with Crippen LogP contribution in [0.25, 0.3) is 0 Å². The van der Waals surface area contributed by atoms with Gasteiger partial charge >= 0.3 is 11.0 Å². The van der Waals surface area contributed by atoms with Crippen LogP contribution in [-0.4, -0.2) is 22.8 Å². The molecular weight excluding hydrogens is 268 g/mol. The first kappa shape index (κ1) is 14.6. The highest BCUT2D eigenvalue weighted by Gasteiger charge is 2.43. The second kappa shape index (κ2) is 3.56. The van der Waals surface area contributed by atoms with E-state index >= 15 is 0 Å². The monoisotopic (exact) mass is 275 g/mol. The molecule has 0 aromatic heterocycles. The van der Waals surface area contributed by atoms with E-state index in [1.807, 2.05) is 0 Å². The van der Waals surface area contributed by atoms with Crippen LogP contribution >= 0.6 is 0 Å². The second-order valence-electron chi connectivity index (χ2n) is 2.45. The fourth-order valence-electron chi connectivity index (χ4n) is 0.337. The van der Waals surface area contributed by atoms with Crippen LogP contribution in [0.5, 0.6) is 0 Å². The van der Waals surface area contributed by atoms with Crippen LogP contribution in [-0.2, 0) is 19.2 Å². The van der Waals surface area contributed by atoms with Crippen molar-refractivity contribution in [1.82, 2.24) is 4.13 Å². The molecule has 0 aromatic rings. The van der Waals surface area contributed by atoms with Gasteiger partial charge in [-0.2, -0.15) is 30.5 Å². The smallest absolute Gasteiger partial charge is 0.265 e. The summed E-state index contributed by atoms with van der Waals surface area (Å²) in [5, 5.41) is 0. The summed E-state index contributed by atoms with van der Waals surface area (Å²) >= 11 is 0. The molecule has 0 bridgehead atoms. The van der Waals surface area contributed by atoms with Crippen molar-refractivity contribution in [3.8, 4) is 0 Å². The summed E-state index contributed by atoms with van der Waals surface area (Å²) in [6.45, 7) is 0. The first-order valence-electron chi connectivity index (χ1n) is 2.94. The third-order valence-electron chi connectivity index (χ3n) is 1.07. The number of halogens is 6. The second-order valence-corrected chi connectivity index (χ2v) is 7.00. The fourth-order valence-corrected chi connectivity index (χ4v) is 3.04. The number of rotatable bonds is 2. The molecule has 0 spiro atoms. The van der Waals surface area contributed by atoms with Crippen LogP contribution < -0.4 is 4.13 Å². The maximum atomic E-state index is 12.0. The molecule has 0 unspecified atom stereocenters. The molecule has 92 valence electrons. The van der Waals surface area contributed by atoms with Crippen LogP contribution in [0, 0.1) is 9.56 Å². The number of hydrogen-bond donors (Lipinski definition) is 3. The van der Waals surface area contributed by atoms with E-state index in [2.05, 4.69) is 11.7 Å². The predicted octanol–water partition coefficient (Wildman–Crippen LogP) is 2.14. The van der Waals surface area contributed by atoms with E-state index in [1.54, 1.807) is 0 Å². The van der Waals surface area contributed by atoms with Crippen molar-refractivity contribution in [2.24, 2.45) is 0 Å². The Hall–Kier alpha value is -0.420. The van der Waals surface area contributed by atoms with Crippen LogP contribution in [0.3, 0.4) is 0 Å². The number of alkyl halides is 6. The molecule has 0 atom stereocenters. The van der Waals surface area contributed by atoms with Gasteiger partial charge in [0, 0.05) is 19.2 Å². The lowest BCUT2D eigenvalue weighted by Gasteiger charge is -2.23. The fraction of sp³-hybridized carbons (Fsp3) is 0.500. The van der Waals surface area contributed by atoms with E-state index in [1.165, 1.54) is 0 Å². The van der Waals surface area contributed by atoms with Crippen molar-refractivity contribution >= 4 is 30.9 Å². The minimum atomic E-state index is -5.24. The zero-order valence-electron chi connectivity index (χ0n) is 7.00. The van der Waals surface area contributed by atoms with Gasteiger partial charge in [-0.1, -0.05) is 0 Å². The highest BCUT2D eigenvalue weighted by Crippen LogP contribution is 2.28. The quantitative estimate of drug-likeness (QED) is 0.525. The van der Waals surface area contributed by atoms with Gasteiger partial charge in [0.15, 0.2) is 0 Å². The minimum absolute atomic E-state index is 0.840.